The molecule has 1 amide bonds. The largest absolute Gasteiger partial charge is 0.325 e. The number of benzene rings is 1. The molecule has 0 saturated heterocycles. The van der Waals surface area contributed by atoms with Gasteiger partial charge in [0.15, 0.2) is 0 Å². The van der Waals surface area contributed by atoms with Gasteiger partial charge < -0.3 is 5.32 Å². The van der Waals surface area contributed by atoms with Gasteiger partial charge in [-0.3, -0.25) is 4.79 Å². The molecule has 1 atom stereocenters. The maximum Gasteiger partial charge on any atom is 0.227 e. The Balaban J connectivity index is 2.91. The summed E-state index contributed by atoms with van der Waals surface area (Å²) in [5.74, 6) is 0.233. The molecule has 100 valence electrons. The second kappa shape index (κ2) is 7.20. The zero-order valence-electron chi connectivity index (χ0n) is 12.0. The summed E-state index contributed by atoms with van der Waals surface area (Å²) in [6.45, 7) is 8.36. The number of rotatable bonds is 6. The second-order valence-corrected chi connectivity index (χ2v) is 4.84. The molecule has 0 fully saturated rings. The van der Waals surface area contributed by atoms with Crippen molar-refractivity contribution in [3.8, 4) is 0 Å². The quantitative estimate of drug-likeness (QED) is 0.802. The first-order chi connectivity index (χ1) is 8.63. The summed E-state index contributed by atoms with van der Waals surface area (Å²) < 4.78 is 0. The summed E-state index contributed by atoms with van der Waals surface area (Å²) in [6.07, 6.45) is 3.89. The van der Waals surface area contributed by atoms with Crippen LogP contribution in [0.1, 0.15) is 51.7 Å². The standard InChI is InChI=1S/C16H25NO/c1-5-9-12(4)16(18)17-15-13(6-2)10-8-11-14(15)7-3/h8,10-12H,5-7,9H2,1-4H3,(H,17,18)/t12-/m1/s1. The van der Waals surface area contributed by atoms with Crippen LogP contribution in [0.2, 0.25) is 0 Å². The number of nitrogens with one attached hydrogen (secondary N) is 1. The molecule has 0 unspecified atom stereocenters. The van der Waals surface area contributed by atoms with E-state index in [4.69, 9.17) is 0 Å². The number of hydrogen-bond acceptors (Lipinski definition) is 1. The fourth-order valence-corrected chi connectivity index (χ4v) is 2.21. The average Bonchev–Trinajstić information content (AvgIpc) is 2.39. The molecule has 0 spiro atoms. The van der Waals surface area contributed by atoms with E-state index in [-0.39, 0.29) is 11.8 Å². The van der Waals surface area contributed by atoms with Crippen LogP contribution >= 0.6 is 0 Å². The highest BCUT2D eigenvalue weighted by Gasteiger charge is 2.15. The highest BCUT2D eigenvalue weighted by Crippen LogP contribution is 2.23. The molecule has 1 aromatic carbocycles. The summed E-state index contributed by atoms with van der Waals surface area (Å²) >= 11 is 0. The Morgan fingerprint density at radius 1 is 1.17 bits per heavy atom. The summed E-state index contributed by atoms with van der Waals surface area (Å²) in [4.78, 5) is 12.1. The predicted octanol–water partition coefficient (Wildman–Crippen LogP) is 4.19. The second-order valence-electron chi connectivity index (χ2n) is 4.84. The van der Waals surface area contributed by atoms with Crippen molar-refractivity contribution in [2.24, 2.45) is 5.92 Å². The SMILES string of the molecule is CCC[C@@H](C)C(=O)Nc1c(CC)cccc1CC. The van der Waals surface area contributed by atoms with E-state index in [9.17, 15) is 4.79 Å². The van der Waals surface area contributed by atoms with Gasteiger partial charge in [0.25, 0.3) is 0 Å². The van der Waals surface area contributed by atoms with Crippen molar-refractivity contribution in [3.63, 3.8) is 0 Å². The minimum atomic E-state index is 0.0876. The van der Waals surface area contributed by atoms with Gasteiger partial charge in [0, 0.05) is 11.6 Å². The van der Waals surface area contributed by atoms with Gasteiger partial charge in [0.05, 0.1) is 0 Å². The first-order valence-electron chi connectivity index (χ1n) is 7.05. The molecular weight excluding hydrogens is 222 g/mol. The lowest BCUT2D eigenvalue weighted by atomic mass is 10.0. The summed E-state index contributed by atoms with van der Waals surface area (Å²) in [6, 6.07) is 6.27. The van der Waals surface area contributed by atoms with Gasteiger partial charge in [0.2, 0.25) is 5.91 Å². The van der Waals surface area contributed by atoms with Gasteiger partial charge in [-0.1, -0.05) is 52.3 Å². The Hall–Kier alpha value is -1.31. The van der Waals surface area contributed by atoms with E-state index in [1.54, 1.807) is 0 Å². The summed E-state index contributed by atoms with van der Waals surface area (Å²) in [5.41, 5.74) is 3.49. The first-order valence-corrected chi connectivity index (χ1v) is 7.05. The Morgan fingerprint density at radius 3 is 2.17 bits per heavy atom. The number of amides is 1. The zero-order valence-corrected chi connectivity index (χ0v) is 12.0. The minimum Gasteiger partial charge on any atom is -0.325 e. The molecule has 0 bridgehead atoms. The fourth-order valence-electron chi connectivity index (χ4n) is 2.21. The van der Waals surface area contributed by atoms with Crippen LogP contribution in [0.25, 0.3) is 0 Å². The maximum absolute atomic E-state index is 12.1. The molecular formula is C16H25NO. The van der Waals surface area contributed by atoms with Crippen LogP contribution in [-0.2, 0) is 17.6 Å². The van der Waals surface area contributed by atoms with Gasteiger partial charge in [-0.05, 0) is 30.4 Å². The fraction of sp³-hybridized carbons (Fsp3) is 0.562. The summed E-state index contributed by atoms with van der Waals surface area (Å²) in [5, 5.41) is 3.13. The molecule has 0 aliphatic carbocycles. The molecule has 2 nitrogen and oxygen atoms in total. The third kappa shape index (κ3) is 3.59. The van der Waals surface area contributed by atoms with Crippen LogP contribution < -0.4 is 5.32 Å². The molecule has 0 aromatic heterocycles. The van der Waals surface area contributed by atoms with E-state index in [2.05, 4.69) is 44.3 Å². The number of carbonyl (C=O) groups excluding carboxylic acids is 1. The molecule has 0 saturated carbocycles. The first kappa shape index (κ1) is 14.7. The number of hydrogen-bond donors (Lipinski definition) is 1. The normalized spacial score (nSPS) is 12.2. The summed E-state index contributed by atoms with van der Waals surface area (Å²) in [7, 11) is 0. The predicted molar refractivity (Wildman–Crippen MR) is 77.9 cm³/mol. The Bertz CT molecular complexity index is 376. The van der Waals surface area contributed by atoms with Crippen LogP contribution in [0, 0.1) is 5.92 Å². The van der Waals surface area contributed by atoms with Gasteiger partial charge >= 0.3 is 0 Å². The van der Waals surface area contributed by atoms with Crippen molar-refractivity contribution in [2.45, 2.75) is 53.4 Å². The smallest absolute Gasteiger partial charge is 0.227 e. The highest BCUT2D eigenvalue weighted by molar-refractivity contribution is 5.93. The lowest BCUT2D eigenvalue weighted by molar-refractivity contribution is -0.119. The molecule has 18 heavy (non-hydrogen) atoms. The van der Waals surface area contributed by atoms with E-state index in [0.717, 1.165) is 31.4 Å². The van der Waals surface area contributed by atoms with Crippen molar-refractivity contribution < 1.29 is 4.79 Å². The number of anilines is 1. The maximum atomic E-state index is 12.1. The Morgan fingerprint density at radius 2 is 1.72 bits per heavy atom. The zero-order chi connectivity index (χ0) is 13.5. The number of carbonyl (C=O) groups is 1. The van der Waals surface area contributed by atoms with Crippen molar-refractivity contribution in [1.82, 2.24) is 0 Å². The van der Waals surface area contributed by atoms with Crippen LogP contribution in [-0.4, -0.2) is 5.91 Å². The molecule has 2 heteroatoms. The van der Waals surface area contributed by atoms with E-state index >= 15 is 0 Å². The van der Waals surface area contributed by atoms with Gasteiger partial charge in [-0.2, -0.15) is 0 Å². The highest BCUT2D eigenvalue weighted by atomic mass is 16.1. The van der Waals surface area contributed by atoms with E-state index in [1.807, 2.05) is 6.92 Å². The monoisotopic (exact) mass is 247 g/mol. The molecule has 0 radical (unpaired) electrons. The third-order valence-electron chi connectivity index (χ3n) is 3.42. The van der Waals surface area contributed by atoms with Crippen LogP contribution in [0.3, 0.4) is 0 Å². The van der Waals surface area contributed by atoms with E-state index in [0.29, 0.717) is 0 Å². The van der Waals surface area contributed by atoms with E-state index in [1.165, 1.54) is 11.1 Å². The lowest BCUT2D eigenvalue weighted by Crippen LogP contribution is -2.21. The molecule has 1 N–H and O–H groups in total. The van der Waals surface area contributed by atoms with Gasteiger partial charge in [-0.15, -0.1) is 0 Å². The molecule has 0 aliphatic rings. The topological polar surface area (TPSA) is 29.1 Å². The third-order valence-corrected chi connectivity index (χ3v) is 3.42. The van der Waals surface area contributed by atoms with Gasteiger partial charge in [-0.25, -0.2) is 0 Å². The average molecular weight is 247 g/mol. The van der Waals surface area contributed by atoms with Crippen LogP contribution in [0.5, 0.6) is 0 Å². The number of para-hydroxylation sites is 1. The number of aryl methyl sites for hydroxylation is 2. The van der Waals surface area contributed by atoms with Gasteiger partial charge in [0.1, 0.15) is 0 Å². The van der Waals surface area contributed by atoms with Crippen LogP contribution in [0.15, 0.2) is 18.2 Å². The molecule has 0 heterocycles. The minimum absolute atomic E-state index is 0.0876. The molecule has 0 aliphatic heterocycles. The van der Waals surface area contributed by atoms with Crippen molar-refractivity contribution in [2.75, 3.05) is 5.32 Å². The van der Waals surface area contributed by atoms with E-state index < -0.39 is 0 Å². The Labute approximate surface area is 111 Å². The van der Waals surface area contributed by atoms with Crippen molar-refractivity contribution in [3.05, 3.63) is 29.3 Å². The molecule has 1 aromatic rings. The Kier molecular flexibility index (Phi) is 5.90. The molecule has 1 rings (SSSR count). The van der Waals surface area contributed by atoms with Crippen molar-refractivity contribution in [1.29, 1.82) is 0 Å². The van der Waals surface area contributed by atoms with Crippen LogP contribution in [0.4, 0.5) is 5.69 Å². The van der Waals surface area contributed by atoms with Crippen molar-refractivity contribution >= 4 is 11.6 Å². The lowest BCUT2D eigenvalue weighted by Gasteiger charge is -2.17.